The summed E-state index contributed by atoms with van der Waals surface area (Å²) in [6, 6.07) is 10.8. The topological polar surface area (TPSA) is 63.7 Å². The van der Waals surface area contributed by atoms with Crippen LogP contribution in [-0.4, -0.2) is 46.6 Å². The van der Waals surface area contributed by atoms with Gasteiger partial charge in [-0.2, -0.15) is 0 Å². The number of Topliss-reactive ketones (excluding diaryl/α,β-unsaturated/α-hetero) is 2. The van der Waals surface area contributed by atoms with Crippen molar-refractivity contribution in [1.29, 1.82) is 0 Å². The normalized spacial score (nSPS) is 10.6. The fourth-order valence-corrected chi connectivity index (χ4v) is 2.85. The highest BCUT2D eigenvalue weighted by molar-refractivity contribution is 9.09. The van der Waals surface area contributed by atoms with Crippen molar-refractivity contribution < 1.29 is 27.9 Å². The maximum absolute atomic E-state index is 12.9. The lowest BCUT2D eigenvalue weighted by atomic mass is 10.1. The van der Waals surface area contributed by atoms with E-state index >= 15 is 0 Å². The SMILES string of the molecule is CCCCN(CC(=O)c1ccc(F)cc1)C(=O)OC(C)(C)C.O=C(CBr)c1ccc(F)cc1. The van der Waals surface area contributed by atoms with Crippen LogP contribution in [0.25, 0.3) is 0 Å². The van der Waals surface area contributed by atoms with Crippen LogP contribution in [0, 0.1) is 11.6 Å². The van der Waals surface area contributed by atoms with E-state index in [4.69, 9.17) is 4.74 Å². The molecule has 33 heavy (non-hydrogen) atoms. The highest BCUT2D eigenvalue weighted by atomic mass is 79.9. The first-order valence-corrected chi connectivity index (χ1v) is 11.7. The van der Waals surface area contributed by atoms with E-state index < -0.39 is 17.5 Å². The average molecular weight is 526 g/mol. The van der Waals surface area contributed by atoms with Gasteiger partial charge in [0.15, 0.2) is 11.6 Å². The van der Waals surface area contributed by atoms with Gasteiger partial charge in [0.25, 0.3) is 0 Å². The second-order valence-corrected chi connectivity index (χ2v) is 8.81. The minimum atomic E-state index is -0.611. The summed E-state index contributed by atoms with van der Waals surface area (Å²) in [7, 11) is 0. The van der Waals surface area contributed by atoms with E-state index in [2.05, 4.69) is 15.9 Å². The highest BCUT2D eigenvalue weighted by Crippen LogP contribution is 2.12. The van der Waals surface area contributed by atoms with Gasteiger partial charge in [-0.3, -0.25) is 9.59 Å². The van der Waals surface area contributed by atoms with Crippen molar-refractivity contribution in [1.82, 2.24) is 4.90 Å². The van der Waals surface area contributed by atoms with Gasteiger partial charge in [-0.25, -0.2) is 13.6 Å². The molecule has 2 rings (SSSR count). The maximum Gasteiger partial charge on any atom is 0.410 e. The number of carbonyl (C=O) groups is 3. The van der Waals surface area contributed by atoms with Crippen LogP contribution in [-0.2, 0) is 4.74 Å². The monoisotopic (exact) mass is 525 g/mol. The van der Waals surface area contributed by atoms with E-state index in [1.54, 1.807) is 20.8 Å². The van der Waals surface area contributed by atoms with Crippen LogP contribution in [0.5, 0.6) is 0 Å². The number of amides is 1. The summed E-state index contributed by atoms with van der Waals surface area (Å²) in [5.41, 5.74) is 0.301. The number of benzene rings is 2. The second kappa shape index (κ2) is 13.8. The number of unbranched alkanes of at least 4 members (excludes halogenated alkanes) is 1. The maximum atomic E-state index is 12.9. The Kier molecular flexibility index (Phi) is 11.9. The van der Waals surface area contributed by atoms with E-state index in [-0.39, 0.29) is 29.3 Å². The first kappa shape index (κ1) is 28.4. The van der Waals surface area contributed by atoms with Crippen LogP contribution in [0.1, 0.15) is 61.3 Å². The molecule has 0 bridgehead atoms. The summed E-state index contributed by atoms with van der Waals surface area (Å²) in [5, 5.41) is 0.276. The van der Waals surface area contributed by atoms with Crippen molar-refractivity contribution in [3.05, 3.63) is 71.3 Å². The molecule has 0 spiro atoms. The molecule has 0 heterocycles. The summed E-state index contributed by atoms with van der Waals surface area (Å²) < 4.78 is 30.6. The molecular formula is C25H30BrF2NO4. The molecule has 8 heteroatoms. The molecule has 0 aliphatic rings. The zero-order chi connectivity index (χ0) is 25.0. The number of ether oxygens (including phenoxy) is 1. The Morgan fingerprint density at radius 2 is 1.33 bits per heavy atom. The van der Waals surface area contributed by atoms with E-state index in [0.29, 0.717) is 17.7 Å². The van der Waals surface area contributed by atoms with Gasteiger partial charge in [-0.1, -0.05) is 29.3 Å². The number of ketones is 2. The third kappa shape index (κ3) is 11.2. The van der Waals surface area contributed by atoms with Crippen LogP contribution in [0.2, 0.25) is 0 Å². The summed E-state index contributed by atoms with van der Waals surface area (Å²) in [6.07, 6.45) is 1.19. The summed E-state index contributed by atoms with van der Waals surface area (Å²) >= 11 is 3.03. The standard InChI is InChI=1S/C17H24FNO3.C8H6BrFO/c1-5-6-11-19(16(21)22-17(2,3)4)12-15(20)13-7-9-14(18)10-8-13;9-5-8(11)6-1-3-7(10)4-2-6/h7-10H,5-6,11-12H2,1-4H3;1-4H,5H2. The number of rotatable bonds is 8. The molecule has 0 radical (unpaired) electrons. The summed E-state index contributed by atoms with van der Waals surface area (Å²) in [6.45, 7) is 7.74. The quantitative estimate of drug-likeness (QED) is 0.293. The van der Waals surface area contributed by atoms with E-state index in [1.165, 1.54) is 53.4 Å². The largest absolute Gasteiger partial charge is 0.444 e. The number of alkyl halides is 1. The molecule has 0 fully saturated rings. The number of hydrogen-bond donors (Lipinski definition) is 0. The van der Waals surface area contributed by atoms with Crippen molar-refractivity contribution >= 4 is 33.6 Å². The lowest BCUT2D eigenvalue weighted by molar-refractivity contribution is 0.0245. The van der Waals surface area contributed by atoms with Gasteiger partial charge in [-0.05, 0) is 75.7 Å². The van der Waals surface area contributed by atoms with Crippen molar-refractivity contribution in [3.63, 3.8) is 0 Å². The van der Waals surface area contributed by atoms with Gasteiger partial charge >= 0.3 is 6.09 Å². The van der Waals surface area contributed by atoms with Crippen molar-refractivity contribution in [2.45, 2.75) is 46.1 Å². The molecule has 2 aromatic carbocycles. The van der Waals surface area contributed by atoms with E-state index in [0.717, 1.165) is 12.8 Å². The number of nitrogens with zero attached hydrogens (tertiary/aromatic N) is 1. The minimum Gasteiger partial charge on any atom is -0.444 e. The zero-order valence-corrected chi connectivity index (χ0v) is 21.0. The zero-order valence-electron chi connectivity index (χ0n) is 19.4. The molecule has 0 saturated heterocycles. The van der Waals surface area contributed by atoms with Crippen LogP contribution in [0.4, 0.5) is 13.6 Å². The smallest absolute Gasteiger partial charge is 0.410 e. The Labute approximate surface area is 202 Å². The minimum absolute atomic E-state index is 0.0370. The molecular weight excluding hydrogens is 496 g/mol. The first-order chi connectivity index (χ1) is 15.5. The van der Waals surface area contributed by atoms with Gasteiger partial charge in [0.2, 0.25) is 0 Å². The second-order valence-electron chi connectivity index (χ2n) is 8.25. The fraction of sp³-hybridized carbons (Fsp3) is 0.400. The predicted molar refractivity (Wildman–Crippen MR) is 128 cm³/mol. The molecule has 0 atom stereocenters. The average Bonchev–Trinajstić information content (AvgIpc) is 2.76. The first-order valence-electron chi connectivity index (χ1n) is 10.6. The van der Waals surface area contributed by atoms with Gasteiger partial charge in [0.1, 0.15) is 17.2 Å². The van der Waals surface area contributed by atoms with Crippen molar-refractivity contribution in [3.8, 4) is 0 Å². The predicted octanol–water partition coefficient (Wildman–Crippen LogP) is 6.45. The van der Waals surface area contributed by atoms with Gasteiger partial charge < -0.3 is 9.64 Å². The van der Waals surface area contributed by atoms with Crippen molar-refractivity contribution in [2.24, 2.45) is 0 Å². The third-order valence-electron chi connectivity index (χ3n) is 4.22. The Bertz CT molecular complexity index is 909. The lowest BCUT2D eigenvalue weighted by Gasteiger charge is -2.27. The molecule has 2 aromatic rings. The van der Waals surface area contributed by atoms with Crippen LogP contribution in [0.15, 0.2) is 48.5 Å². The molecule has 180 valence electrons. The van der Waals surface area contributed by atoms with E-state index in [9.17, 15) is 23.2 Å². The third-order valence-corrected chi connectivity index (χ3v) is 4.73. The molecule has 0 aromatic heterocycles. The Morgan fingerprint density at radius 1 is 0.879 bits per heavy atom. The van der Waals surface area contributed by atoms with Crippen LogP contribution >= 0.6 is 15.9 Å². The summed E-state index contributed by atoms with van der Waals surface area (Å²) in [4.78, 5) is 36.8. The van der Waals surface area contributed by atoms with Crippen molar-refractivity contribution in [2.75, 3.05) is 18.4 Å². The van der Waals surface area contributed by atoms with Gasteiger partial charge in [-0.15, -0.1) is 0 Å². The van der Waals surface area contributed by atoms with Crippen LogP contribution in [0.3, 0.4) is 0 Å². The molecule has 0 aliphatic heterocycles. The summed E-state index contributed by atoms with van der Waals surface area (Å²) in [5.74, 6) is -0.991. The molecule has 0 unspecified atom stereocenters. The Morgan fingerprint density at radius 3 is 1.73 bits per heavy atom. The van der Waals surface area contributed by atoms with Gasteiger partial charge in [0, 0.05) is 17.7 Å². The molecule has 0 aliphatic carbocycles. The fourth-order valence-electron chi connectivity index (χ4n) is 2.52. The number of halogens is 3. The Balaban J connectivity index is 0.000000412. The molecule has 0 saturated carbocycles. The Hall–Kier alpha value is -2.61. The van der Waals surface area contributed by atoms with Crippen LogP contribution < -0.4 is 0 Å². The highest BCUT2D eigenvalue weighted by Gasteiger charge is 2.24. The number of carbonyl (C=O) groups excluding carboxylic acids is 3. The molecule has 0 N–H and O–H groups in total. The van der Waals surface area contributed by atoms with E-state index in [1.807, 2.05) is 6.92 Å². The number of hydrogen-bond acceptors (Lipinski definition) is 4. The van der Waals surface area contributed by atoms with Gasteiger partial charge in [0.05, 0.1) is 11.9 Å². The molecule has 5 nitrogen and oxygen atoms in total. The molecule has 1 amide bonds. The lowest BCUT2D eigenvalue weighted by Crippen LogP contribution is -2.40.